The van der Waals surface area contributed by atoms with Crippen LogP contribution in [0.4, 0.5) is 4.39 Å². The van der Waals surface area contributed by atoms with Crippen LogP contribution in [0.15, 0.2) is 42.5 Å². The minimum absolute atomic E-state index is 0.0391. The van der Waals surface area contributed by atoms with Gasteiger partial charge in [-0.2, -0.15) is 0 Å². The summed E-state index contributed by atoms with van der Waals surface area (Å²) in [7, 11) is 1.58. The van der Waals surface area contributed by atoms with E-state index in [1.807, 2.05) is 24.3 Å². The SMILES string of the molecule is COc1ccc(CN2C[C@@H](c3cccc(F)c3)[C@@]3(COCCC(=O)N3)C2)cc1CO. The molecule has 1 amide bonds. The van der Waals surface area contributed by atoms with Crippen molar-refractivity contribution >= 4 is 5.91 Å². The number of hydrogen-bond acceptors (Lipinski definition) is 5. The largest absolute Gasteiger partial charge is 0.496 e. The predicted octanol–water partition coefficient (Wildman–Crippen LogP) is 2.20. The molecule has 1 spiro atoms. The first-order chi connectivity index (χ1) is 14.5. The zero-order chi connectivity index (χ0) is 21.1. The monoisotopic (exact) mass is 414 g/mol. The van der Waals surface area contributed by atoms with Gasteiger partial charge in [-0.1, -0.05) is 18.2 Å². The molecule has 2 saturated heterocycles. The van der Waals surface area contributed by atoms with E-state index in [1.54, 1.807) is 19.2 Å². The maximum atomic E-state index is 14.0. The van der Waals surface area contributed by atoms with E-state index in [0.29, 0.717) is 45.0 Å². The molecule has 2 atom stereocenters. The molecule has 7 heteroatoms. The number of rotatable bonds is 5. The number of ether oxygens (including phenoxy) is 2. The fourth-order valence-electron chi connectivity index (χ4n) is 4.66. The summed E-state index contributed by atoms with van der Waals surface area (Å²) in [6.45, 7) is 2.58. The zero-order valence-corrected chi connectivity index (χ0v) is 17.1. The zero-order valence-electron chi connectivity index (χ0n) is 17.1. The molecule has 30 heavy (non-hydrogen) atoms. The molecule has 0 saturated carbocycles. The molecule has 160 valence electrons. The van der Waals surface area contributed by atoms with Crippen LogP contribution in [0.3, 0.4) is 0 Å². The van der Waals surface area contributed by atoms with Crippen molar-refractivity contribution in [2.24, 2.45) is 0 Å². The van der Waals surface area contributed by atoms with Gasteiger partial charge in [-0.05, 0) is 35.4 Å². The van der Waals surface area contributed by atoms with E-state index >= 15 is 0 Å². The molecule has 0 radical (unpaired) electrons. The Balaban J connectivity index is 1.62. The van der Waals surface area contributed by atoms with E-state index < -0.39 is 5.54 Å². The number of hydrogen-bond donors (Lipinski definition) is 2. The Bertz CT molecular complexity index is 922. The number of likely N-dealkylation sites (tertiary alicyclic amines) is 1. The van der Waals surface area contributed by atoms with Gasteiger partial charge < -0.3 is 19.9 Å². The Labute approximate surface area is 175 Å². The van der Waals surface area contributed by atoms with Gasteiger partial charge in [0.2, 0.25) is 5.91 Å². The van der Waals surface area contributed by atoms with Crippen molar-refractivity contribution in [1.29, 1.82) is 0 Å². The summed E-state index contributed by atoms with van der Waals surface area (Å²) < 4.78 is 25.1. The molecule has 0 aromatic heterocycles. The van der Waals surface area contributed by atoms with Crippen LogP contribution in [0, 0.1) is 5.82 Å². The maximum absolute atomic E-state index is 14.0. The minimum atomic E-state index is -0.604. The van der Waals surface area contributed by atoms with Crippen molar-refractivity contribution in [3.63, 3.8) is 0 Å². The Morgan fingerprint density at radius 1 is 1.33 bits per heavy atom. The average molecular weight is 414 g/mol. The first kappa shape index (κ1) is 20.8. The molecule has 2 aromatic rings. The molecule has 0 bridgehead atoms. The van der Waals surface area contributed by atoms with Gasteiger partial charge >= 0.3 is 0 Å². The molecule has 2 aromatic carbocycles. The highest BCUT2D eigenvalue weighted by Crippen LogP contribution is 2.38. The molecule has 2 fully saturated rings. The Morgan fingerprint density at radius 2 is 2.20 bits per heavy atom. The molecule has 0 aliphatic carbocycles. The van der Waals surface area contributed by atoms with Crippen LogP contribution in [0.5, 0.6) is 5.75 Å². The van der Waals surface area contributed by atoms with Gasteiger partial charge in [-0.15, -0.1) is 0 Å². The number of halogens is 1. The number of benzene rings is 2. The lowest BCUT2D eigenvalue weighted by Gasteiger charge is -2.34. The summed E-state index contributed by atoms with van der Waals surface area (Å²) in [6, 6.07) is 12.4. The van der Waals surface area contributed by atoms with Crippen LogP contribution < -0.4 is 10.1 Å². The highest BCUT2D eigenvalue weighted by Gasteiger charge is 2.49. The lowest BCUT2D eigenvalue weighted by atomic mass is 9.82. The summed E-state index contributed by atoms with van der Waals surface area (Å²) in [4.78, 5) is 14.6. The predicted molar refractivity (Wildman–Crippen MR) is 110 cm³/mol. The van der Waals surface area contributed by atoms with Crippen molar-refractivity contribution in [3.8, 4) is 5.75 Å². The highest BCUT2D eigenvalue weighted by molar-refractivity contribution is 5.77. The van der Waals surface area contributed by atoms with Crippen LogP contribution in [0.2, 0.25) is 0 Å². The van der Waals surface area contributed by atoms with Gasteiger partial charge in [-0.3, -0.25) is 9.69 Å². The number of aliphatic hydroxyl groups is 1. The second-order valence-electron chi connectivity index (χ2n) is 8.09. The quantitative estimate of drug-likeness (QED) is 0.785. The maximum Gasteiger partial charge on any atom is 0.222 e. The molecule has 6 nitrogen and oxygen atoms in total. The van der Waals surface area contributed by atoms with Crippen molar-refractivity contribution < 1.29 is 23.8 Å². The first-order valence-corrected chi connectivity index (χ1v) is 10.2. The lowest BCUT2D eigenvalue weighted by Crippen LogP contribution is -2.55. The third-order valence-corrected chi connectivity index (χ3v) is 6.01. The summed E-state index contributed by atoms with van der Waals surface area (Å²) in [5, 5.41) is 12.8. The minimum Gasteiger partial charge on any atom is -0.496 e. The van der Waals surface area contributed by atoms with Crippen molar-refractivity contribution in [2.75, 3.05) is 33.4 Å². The van der Waals surface area contributed by atoms with Gasteiger partial charge in [0.15, 0.2) is 0 Å². The molecule has 2 aliphatic rings. The van der Waals surface area contributed by atoms with Crippen LogP contribution in [0.1, 0.15) is 29.0 Å². The van der Waals surface area contributed by atoms with E-state index in [0.717, 1.165) is 16.7 Å². The van der Waals surface area contributed by atoms with E-state index in [1.165, 1.54) is 6.07 Å². The van der Waals surface area contributed by atoms with Crippen molar-refractivity contribution in [3.05, 3.63) is 65.0 Å². The fraction of sp³-hybridized carbons (Fsp3) is 0.435. The lowest BCUT2D eigenvalue weighted by molar-refractivity contribution is -0.122. The Kier molecular flexibility index (Phi) is 6.04. The summed E-state index contributed by atoms with van der Waals surface area (Å²) in [5.41, 5.74) is 2.02. The summed E-state index contributed by atoms with van der Waals surface area (Å²) >= 11 is 0. The number of aliphatic hydroxyl groups excluding tert-OH is 1. The van der Waals surface area contributed by atoms with Gasteiger partial charge in [0.05, 0.1) is 32.5 Å². The average Bonchev–Trinajstić information content (AvgIpc) is 2.96. The number of carbonyl (C=O) groups is 1. The molecule has 2 aliphatic heterocycles. The number of nitrogens with zero attached hydrogens (tertiary/aromatic N) is 1. The number of amides is 1. The number of carbonyl (C=O) groups excluding carboxylic acids is 1. The van der Waals surface area contributed by atoms with Crippen LogP contribution in [-0.2, 0) is 22.7 Å². The standard InChI is InChI=1S/C23H27FN2O4/c1-29-21-6-5-16(9-18(21)13-27)11-26-12-20(17-3-2-4-19(24)10-17)23(14-26)15-30-8-7-22(28)25-23/h2-6,9-10,20,27H,7-8,11-15H2,1H3,(H,25,28)/t20-,23-/m0/s1. The van der Waals surface area contributed by atoms with Crippen LogP contribution >= 0.6 is 0 Å². The van der Waals surface area contributed by atoms with E-state index in [9.17, 15) is 14.3 Å². The second-order valence-corrected chi connectivity index (χ2v) is 8.09. The topological polar surface area (TPSA) is 71.0 Å². The molecule has 0 unspecified atom stereocenters. The van der Waals surface area contributed by atoms with Crippen molar-refractivity contribution in [2.45, 2.75) is 31.0 Å². The second kappa shape index (κ2) is 8.71. The molecular formula is C23H27FN2O4. The molecular weight excluding hydrogens is 387 g/mol. The third-order valence-electron chi connectivity index (χ3n) is 6.01. The highest BCUT2D eigenvalue weighted by atomic mass is 19.1. The number of methoxy groups -OCH3 is 1. The summed E-state index contributed by atoms with van der Waals surface area (Å²) in [6.07, 6.45) is 0.329. The molecule has 2 N–H and O–H groups in total. The Morgan fingerprint density at radius 3 is 2.97 bits per heavy atom. The third kappa shape index (κ3) is 4.19. The van der Waals surface area contributed by atoms with Crippen LogP contribution in [-0.4, -0.2) is 54.9 Å². The smallest absolute Gasteiger partial charge is 0.222 e. The summed E-state index contributed by atoms with van der Waals surface area (Å²) in [5.74, 6) is 0.236. The fourth-order valence-corrected chi connectivity index (χ4v) is 4.66. The van der Waals surface area contributed by atoms with Crippen LogP contribution in [0.25, 0.3) is 0 Å². The van der Waals surface area contributed by atoms with E-state index in [4.69, 9.17) is 9.47 Å². The van der Waals surface area contributed by atoms with E-state index in [2.05, 4.69) is 10.2 Å². The Hall–Kier alpha value is -2.48. The van der Waals surface area contributed by atoms with Crippen molar-refractivity contribution in [1.82, 2.24) is 10.2 Å². The first-order valence-electron chi connectivity index (χ1n) is 10.2. The van der Waals surface area contributed by atoms with Gasteiger partial charge in [0, 0.05) is 37.5 Å². The van der Waals surface area contributed by atoms with Gasteiger partial charge in [0.1, 0.15) is 11.6 Å². The normalized spacial score (nSPS) is 24.6. The van der Waals surface area contributed by atoms with Gasteiger partial charge in [-0.25, -0.2) is 4.39 Å². The van der Waals surface area contributed by atoms with Gasteiger partial charge in [0.25, 0.3) is 0 Å². The van der Waals surface area contributed by atoms with E-state index in [-0.39, 0.29) is 24.2 Å². The number of nitrogens with one attached hydrogen (secondary N) is 1. The molecule has 4 rings (SSSR count). The molecule has 2 heterocycles.